The molecule has 0 aliphatic rings. The Morgan fingerprint density at radius 1 is 0.471 bits per heavy atom. The second kappa shape index (κ2) is 55.3. The molecule has 4 aromatic heterocycles. The highest BCUT2D eigenvalue weighted by Gasteiger charge is 2.50. The zero-order chi connectivity index (χ0) is 97.6. The first-order chi connectivity index (χ1) is 66.3. The van der Waals surface area contributed by atoms with Crippen LogP contribution >= 0.6 is 0 Å². The molecule has 0 fully saturated rings. The van der Waals surface area contributed by atoms with Gasteiger partial charge in [-0.2, -0.15) is 0 Å². The van der Waals surface area contributed by atoms with E-state index in [1.807, 2.05) is 100 Å². The Balaban J connectivity index is 0.000000346. The summed E-state index contributed by atoms with van der Waals surface area (Å²) in [6, 6.07) is 54.6. The average Bonchev–Trinajstić information content (AvgIpc) is 0.913. The molecule has 0 atom stereocenters. The predicted molar refractivity (Wildman–Crippen MR) is 546 cm³/mol. The number of aliphatic hydroxyl groups excluding tert-OH is 1. The number of aromatic nitrogens is 4. The summed E-state index contributed by atoms with van der Waals surface area (Å²) in [7, 11) is -2.95. The van der Waals surface area contributed by atoms with Gasteiger partial charge < -0.3 is 79.0 Å². The first kappa shape index (κ1) is 110. The van der Waals surface area contributed by atoms with E-state index >= 15 is 0 Å². The number of ether oxygens (including phenoxy) is 4. The van der Waals surface area contributed by atoms with Crippen molar-refractivity contribution in [2.75, 3.05) is 136 Å². The minimum absolute atomic E-state index is 0. The van der Waals surface area contributed by atoms with E-state index in [1.54, 1.807) is 85.0 Å². The van der Waals surface area contributed by atoms with Gasteiger partial charge >= 0.3 is 34.6 Å². The fraction of sp³-hybridized carbons (Fsp3) is 0.340. The molecular formula is C103H124N14O22Si. The molecule has 12 rings (SSSR count). The number of amides is 4. The summed E-state index contributed by atoms with van der Waals surface area (Å²) in [6.07, 6.45) is 14.7. The molecule has 7 N–H and O–H groups in total. The van der Waals surface area contributed by atoms with Crippen molar-refractivity contribution in [2.45, 2.75) is 127 Å². The van der Waals surface area contributed by atoms with Crippen molar-refractivity contribution in [1.82, 2.24) is 31.3 Å². The van der Waals surface area contributed by atoms with Gasteiger partial charge in [0.05, 0.1) is 72.0 Å². The van der Waals surface area contributed by atoms with Crippen molar-refractivity contribution in [2.24, 2.45) is 0 Å². The molecule has 742 valence electrons. The zero-order valence-corrected chi connectivity index (χ0v) is 78.4. The van der Waals surface area contributed by atoms with E-state index in [0.29, 0.717) is 83.5 Å². The number of benzene rings is 8. The number of aliphatic hydroxyl groups is 1. The second-order valence-corrected chi connectivity index (χ2v) is 36.7. The second-order valence-electron chi connectivity index (χ2n) is 32.4. The number of carbonyl (C=O) groups is 6. The van der Waals surface area contributed by atoms with Gasteiger partial charge in [-0.3, -0.25) is 39.4 Å². The number of nitro groups is 2. The van der Waals surface area contributed by atoms with Gasteiger partial charge in [-0.25, -0.2) is 28.4 Å². The molecule has 36 nitrogen and oxygen atoms in total. The quantitative estimate of drug-likeness (QED) is 0.00272. The zero-order valence-electron chi connectivity index (χ0n) is 77.4. The molecule has 140 heavy (non-hydrogen) atoms. The van der Waals surface area contributed by atoms with Crippen LogP contribution < -0.4 is 63.3 Å². The van der Waals surface area contributed by atoms with Crippen LogP contribution in [-0.2, 0) is 42.6 Å². The molecule has 0 radical (unpaired) electrons. The molecule has 8 aromatic carbocycles. The van der Waals surface area contributed by atoms with E-state index in [-0.39, 0.29) is 161 Å². The smallest absolute Gasteiger partial charge is 0.349 e. The Morgan fingerprint density at radius 2 is 0.871 bits per heavy atom. The van der Waals surface area contributed by atoms with Gasteiger partial charge in [0.15, 0.2) is 11.0 Å². The lowest BCUT2D eigenvalue weighted by Crippen LogP contribution is -2.66. The van der Waals surface area contributed by atoms with E-state index in [0.717, 1.165) is 84.7 Å². The highest BCUT2D eigenvalue weighted by atomic mass is 28.4. The number of hydrogen-bond donors (Lipinski definition) is 7. The number of non-ortho nitro benzene ring substituents is 2. The van der Waals surface area contributed by atoms with Crippen LogP contribution in [0.3, 0.4) is 0 Å². The maximum atomic E-state index is 13.8. The lowest BCUT2D eigenvalue weighted by atomic mass is 10.1. The molecular weight excluding hydrogens is 1810 g/mol. The lowest BCUT2D eigenvalue weighted by molar-refractivity contribution is -0.383. The normalized spacial score (nSPS) is 11.5. The molecule has 0 aliphatic carbocycles. The summed E-state index contributed by atoms with van der Waals surface area (Å²) >= 11 is 0. The van der Waals surface area contributed by atoms with Crippen LogP contribution in [0, 0.1) is 20.2 Å². The number of rotatable bonds is 50. The number of fused-ring (bicyclic) bond motifs is 4. The largest absolute Gasteiger partial charge is 0.460 e. The van der Waals surface area contributed by atoms with Crippen molar-refractivity contribution < 1.29 is 85.2 Å². The molecule has 4 amide bonds. The van der Waals surface area contributed by atoms with Gasteiger partial charge in [0, 0.05) is 123 Å². The van der Waals surface area contributed by atoms with E-state index in [2.05, 4.69) is 112 Å². The molecule has 0 saturated carbocycles. The number of esters is 2. The van der Waals surface area contributed by atoms with Gasteiger partial charge in [-0.1, -0.05) is 153 Å². The number of nitrogens with one attached hydrogen (secondary N) is 6. The van der Waals surface area contributed by atoms with E-state index in [1.165, 1.54) is 36.4 Å². The van der Waals surface area contributed by atoms with Crippen molar-refractivity contribution in [1.29, 1.82) is 0 Å². The molecule has 0 aliphatic heterocycles. The Labute approximate surface area is 812 Å². The number of nitro benzene ring substituents is 2. The Kier molecular flexibility index (Phi) is 43.5. The van der Waals surface area contributed by atoms with Crippen molar-refractivity contribution in [3.63, 3.8) is 0 Å². The third-order valence-electron chi connectivity index (χ3n) is 22.2. The van der Waals surface area contributed by atoms with Crippen LogP contribution in [0.4, 0.5) is 45.5 Å². The predicted octanol–water partition coefficient (Wildman–Crippen LogP) is 16.7. The fourth-order valence-electron chi connectivity index (χ4n) is 15.1. The van der Waals surface area contributed by atoms with Gasteiger partial charge in [-0.15, -0.1) is 0 Å². The van der Waals surface area contributed by atoms with E-state index < -0.39 is 53.2 Å². The molecule has 37 heteroatoms. The van der Waals surface area contributed by atoms with Crippen molar-refractivity contribution >= 4 is 156 Å². The summed E-state index contributed by atoms with van der Waals surface area (Å²) in [5.74, 6) is -2.71. The summed E-state index contributed by atoms with van der Waals surface area (Å²) in [6.45, 7) is 19.1. The summed E-state index contributed by atoms with van der Waals surface area (Å²) in [5.41, 5.74) is 5.59. The van der Waals surface area contributed by atoms with Crippen molar-refractivity contribution in [3.05, 3.63) is 281 Å². The Hall–Kier alpha value is -15.2. The van der Waals surface area contributed by atoms with Crippen LogP contribution in [0.1, 0.15) is 154 Å². The number of unbranched alkanes of at least 4 members (excludes halogenated alkanes) is 4. The Bertz CT molecular complexity index is 6350. The molecule has 0 spiro atoms. The first-order valence-corrected chi connectivity index (χ1v) is 47.2. The van der Waals surface area contributed by atoms with Crippen LogP contribution in [0.5, 0.6) is 0 Å². The minimum atomic E-state index is -2.95. The molecule has 0 unspecified atom stereocenters. The summed E-state index contributed by atoms with van der Waals surface area (Å²) in [5, 5.41) is 67.4. The van der Waals surface area contributed by atoms with Gasteiger partial charge in [0.1, 0.15) is 35.5 Å². The van der Waals surface area contributed by atoms with Crippen LogP contribution in [0.15, 0.2) is 245 Å². The fourth-order valence-corrected chi connectivity index (χ4v) is 19.6. The maximum absolute atomic E-state index is 13.8. The average molecular weight is 1940 g/mol. The maximum Gasteiger partial charge on any atom is 0.349 e. The van der Waals surface area contributed by atoms with Gasteiger partial charge in [0.25, 0.3) is 20.1 Å². The third kappa shape index (κ3) is 30.7. The van der Waals surface area contributed by atoms with Gasteiger partial charge in [-0.05, 0) is 198 Å². The number of anilines is 6. The monoisotopic (exact) mass is 1940 g/mol. The SMILES string of the molecule is C.C.C.CCN(CC)c1ccc2cc(C(=O)NCCOCCOC(=O)C(/C=C/c3ccc(NC(=O)CCCCCNc4ccc([N+](=O)[O-])c5nonc45)cc3)=C/CO)c(=O)oc2c1.CCN(CC)c1ccc2cc(C(=O)NCCOCCOC(=O)C(/C=C/c3ccc(NC(=O)CCCCCNc4ccc([N+](=O)[O-])c5nonc45)cc3)=C/CO[Si](c3ccccc3)(c3ccccc3)C(C)(C)C)c(=O)oc2c1. The number of hydrogen-bond acceptors (Lipinski definition) is 30. The molecule has 4 heterocycles. The molecule has 0 bridgehead atoms. The molecule has 12 aromatic rings. The summed E-state index contributed by atoms with van der Waals surface area (Å²) < 4.78 is 49.6. The highest BCUT2D eigenvalue weighted by Crippen LogP contribution is 2.38. The number of carbonyl (C=O) groups excluding carboxylic acids is 6. The van der Waals surface area contributed by atoms with Crippen LogP contribution in [-0.4, -0.2) is 185 Å². The molecule has 0 saturated heterocycles. The van der Waals surface area contributed by atoms with Crippen LogP contribution in [0.25, 0.3) is 56.2 Å². The minimum Gasteiger partial charge on any atom is -0.460 e. The van der Waals surface area contributed by atoms with E-state index in [9.17, 15) is 63.7 Å². The lowest BCUT2D eigenvalue weighted by Gasteiger charge is -2.42. The van der Waals surface area contributed by atoms with Gasteiger partial charge in [0.2, 0.25) is 22.8 Å². The van der Waals surface area contributed by atoms with E-state index in [4.69, 9.17) is 36.8 Å². The van der Waals surface area contributed by atoms with Crippen LogP contribution in [0.2, 0.25) is 5.04 Å². The first-order valence-electron chi connectivity index (χ1n) is 45.2. The third-order valence-corrected chi connectivity index (χ3v) is 27.3. The Morgan fingerprint density at radius 3 is 1.26 bits per heavy atom. The number of nitrogens with zero attached hydrogens (tertiary/aromatic N) is 8. The summed E-state index contributed by atoms with van der Waals surface area (Å²) in [4.78, 5) is 128. The highest BCUT2D eigenvalue weighted by molar-refractivity contribution is 6.99. The standard InChI is InChI=1S/C58H65N7O11Si.C42H47N7O11.3CH4/c1-6-64(7-2)45-29-26-43-39-48(57(69)75-51(43)40-45)55(67)60-34-36-72-37-38-73-56(68)42(32-35-74-77(58(3,4)5,46-17-11-8-12-18-46)47-19-13-9-14-20-47)25-22-41-23-27-44(28-24-41)61-52(66)21-15-10-16-33-59-49-30-31-50(65(70)71)54-53(49)62-76-63-54;1-3-48(4-2)32-16-13-30-26-33(42(54)59-36(30)27-32)40(52)44-21-23-57-24-25-58-41(53)29(19-22-50)12-9-28-10-14-31(15-11-28)45-37(51)8-6-5-7-20-43-34-17-18-35(49(55)56)39-38(34)46-60-47-39;;;/h8-9,11-14,17-20,22-32,39-40,59H,6-7,10,15-16,21,33-38H2,1-5H3,(H,60,67)(H,61,66);9-19,26-27,43,50H,3-8,20-25H2,1-2H3,(H,44,52)(H,45,51);3*1H4/b25-22+,42-32+;12-9+,29-19+;;;. The topological polar surface area (TPSA) is 472 Å². The van der Waals surface area contributed by atoms with Crippen molar-refractivity contribution in [3.8, 4) is 0 Å².